The zero-order chi connectivity index (χ0) is 38.6. The van der Waals surface area contributed by atoms with Crippen molar-refractivity contribution < 1.29 is 19.2 Å². The van der Waals surface area contributed by atoms with E-state index >= 15 is 0 Å². The van der Waals surface area contributed by atoms with Crippen LogP contribution in [0.15, 0.2) is 34.6 Å². The maximum Gasteiger partial charge on any atom is 0.306 e. The van der Waals surface area contributed by atoms with Crippen LogP contribution in [-0.2, 0) is 19.2 Å². The highest BCUT2D eigenvalue weighted by Gasteiger charge is 2.32. The Hall–Kier alpha value is -2.15. The van der Waals surface area contributed by atoms with Gasteiger partial charge in [-0.3, -0.25) is 4.79 Å². The van der Waals surface area contributed by atoms with Crippen LogP contribution in [0.4, 0.5) is 0 Å². The summed E-state index contributed by atoms with van der Waals surface area (Å²) < 4.78 is 6.22. The van der Waals surface area contributed by atoms with Crippen molar-refractivity contribution in [1.82, 2.24) is 4.90 Å². The molecule has 0 spiro atoms. The second-order valence-electron chi connectivity index (χ2n) is 16.8. The van der Waals surface area contributed by atoms with Gasteiger partial charge < -0.3 is 19.3 Å². The van der Waals surface area contributed by atoms with E-state index in [-0.39, 0.29) is 22.9 Å². The molecule has 52 heavy (non-hydrogen) atoms. The highest BCUT2D eigenvalue weighted by Crippen LogP contribution is 2.37. The van der Waals surface area contributed by atoms with E-state index in [1.165, 1.54) is 77.0 Å². The van der Waals surface area contributed by atoms with E-state index in [0.29, 0.717) is 19.6 Å². The molecule has 7 heteroatoms. The van der Waals surface area contributed by atoms with E-state index in [9.17, 15) is 4.79 Å². The number of ether oxygens (including phenoxy) is 1. The van der Waals surface area contributed by atoms with Crippen molar-refractivity contribution in [2.75, 3.05) is 33.9 Å². The number of carbonyl (C=O) groups is 1. The quantitative estimate of drug-likeness (QED) is 0.0209. The topological polar surface area (TPSA) is 72.7 Å². The fourth-order valence-corrected chi connectivity index (χ4v) is 7.18. The lowest BCUT2D eigenvalue weighted by molar-refractivity contribution is -0.152. The van der Waals surface area contributed by atoms with Crippen LogP contribution < -0.4 is 0 Å². The number of oxime groups is 2. The number of nitrogens with zero attached hydrogens (tertiary/aromatic N) is 3. The monoisotopic (exact) mass is 732 g/mol. The highest BCUT2D eigenvalue weighted by molar-refractivity contribution is 5.70. The molecule has 0 rings (SSSR count). The Bertz CT molecular complexity index is 878. The van der Waals surface area contributed by atoms with Gasteiger partial charge in [-0.1, -0.05) is 141 Å². The molecular weight excluding hydrogens is 647 g/mol. The molecule has 0 radical (unpaired) electrons. The largest absolute Gasteiger partial charge is 0.462 e. The average Bonchev–Trinajstić information content (AvgIpc) is 3.06. The maximum absolute atomic E-state index is 13.2. The molecule has 7 nitrogen and oxygen atoms in total. The second kappa shape index (κ2) is 34.6. The molecule has 304 valence electrons. The Labute approximate surface area is 322 Å². The summed E-state index contributed by atoms with van der Waals surface area (Å²) in [5.74, 6) is -0.0213. The molecule has 0 heterocycles. The Morgan fingerprint density at radius 1 is 0.596 bits per heavy atom. The lowest BCUT2D eigenvalue weighted by atomic mass is 9.73. The Balaban J connectivity index is 4.47. The van der Waals surface area contributed by atoms with Crippen LogP contribution in [0.3, 0.4) is 0 Å². The van der Waals surface area contributed by atoms with E-state index < -0.39 is 0 Å². The Morgan fingerprint density at radius 3 is 1.48 bits per heavy atom. The molecule has 0 bridgehead atoms. The van der Waals surface area contributed by atoms with Gasteiger partial charge in [0.05, 0.1) is 6.42 Å². The van der Waals surface area contributed by atoms with Gasteiger partial charge in [-0.2, -0.15) is 0 Å². The molecule has 0 aliphatic heterocycles. The number of allylic oxidation sites excluding steroid dienone is 2. The second-order valence-corrected chi connectivity index (χ2v) is 16.8. The smallest absolute Gasteiger partial charge is 0.306 e. The summed E-state index contributed by atoms with van der Waals surface area (Å²) in [7, 11) is 4.24. The van der Waals surface area contributed by atoms with Crippen molar-refractivity contribution in [3.63, 3.8) is 0 Å². The molecule has 0 aliphatic carbocycles. The third kappa shape index (κ3) is 36.2. The van der Waals surface area contributed by atoms with Crippen LogP contribution in [0.25, 0.3) is 0 Å². The number of hydrogen-bond donors (Lipinski definition) is 0. The number of carbonyl (C=O) groups excluding carboxylic acids is 1. The van der Waals surface area contributed by atoms with Crippen LogP contribution in [0, 0.1) is 10.8 Å². The minimum Gasteiger partial charge on any atom is -0.462 e. The van der Waals surface area contributed by atoms with Crippen molar-refractivity contribution in [1.29, 1.82) is 0 Å². The van der Waals surface area contributed by atoms with Gasteiger partial charge in [-0.25, -0.2) is 0 Å². The first-order valence-corrected chi connectivity index (χ1v) is 21.4. The molecule has 0 aliphatic rings. The molecule has 0 fully saturated rings. The van der Waals surface area contributed by atoms with Gasteiger partial charge in [-0.15, -0.1) is 0 Å². The fourth-order valence-electron chi connectivity index (χ4n) is 7.18. The first kappa shape index (κ1) is 49.9. The third-order valence-electron chi connectivity index (χ3n) is 9.26. The minimum atomic E-state index is -0.0919. The summed E-state index contributed by atoms with van der Waals surface area (Å²) in [6.07, 6.45) is 39.2. The highest BCUT2D eigenvalue weighted by atomic mass is 16.6. The molecule has 0 saturated heterocycles. The number of unbranched alkanes of at least 4 members (excludes halogenated alkanes) is 16. The Kier molecular flexibility index (Phi) is 33.2. The summed E-state index contributed by atoms with van der Waals surface area (Å²) in [6, 6.07) is 0. The molecular formula is C45H85N3O4. The molecule has 0 saturated carbocycles. The van der Waals surface area contributed by atoms with Crippen molar-refractivity contribution in [2.45, 2.75) is 202 Å². The first-order chi connectivity index (χ1) is 25.0. The van der Waals surface area contributed by atoms with Crippen LogP contribution in [0.1, 0.15) is 196 Å². The number of esters is 1. The molecule has 0 aromatic carbocycles. The summed E-state index contributed by atoms with van der Waals surface area (Å²) in [4.78, 5) is 26.1. The zero-order valence-corrected chi connectivity index (χ0v) is 35.6. The average molecular weight is 732 g/mol. The lowest BCUT2D eigenvalue weighted by Gasteiger charge is -2.36. The summed E-state index contributed by atoms with van der Waals surface area (Å²) in [6.45, 7) is 15.6. The normalized spacial score (nSPS) is 12.9. The predicted octanol–water partition coefficient (Wildman–Crippen LogP) is 13.0. The lowest BCUT2D eigenvalue weighted by Crippen LogP contribution is -2.34. The van der Waals surface area contributed by atoms with Crippen molar-refractivity contribution in [3.05, 3.63) is 24.3 Å². The van der Waals surface area contributed by atoms with E-state index in [1.807, 2.05) is 12.4 Å². The molecule has 0 atom stereocenters. The summed E-state index contributed by atoms with van der Waals surface area (Å²) in [5, 5.41) is 8.14. The maximum atomic E-state index is 13.2. The van der Waals surface area contributed by atoms with E-state index in [0.717, 1.165) is 77.2 Å². The van der Waals surface area contributed by atoms with Gasteiger partial charge in [0, 0.05) is 19.0 Å². The van der Waals surface area contributed by atoms with E-state index in [1.54, 1.807) is 0 Å². The molecule has 0 aromatic rings. The number of rotatable bonds is 37. The first-order valence-electron chi connectivity index (χ1n) is 21.4. The van der Waals surface area contributed by atoms with Crippen LogP contribution in [0.2, 0.25) is 0 Å². The van der Waals surface area contributed by atoms with E-state index in [2.05, 4.69) is 95.2 Å². The predicted molar refractivity (Wildman–Crippen MR) is 225 cm³/mol. The van der Waals surface area contributed by atoms with Crippen LogP contribution in [0.5, 0.6) is 0 Å². The molecule has 0 N–H and O–H groups in total. The molecule has 0 aromatic heterocycles. The van der Waals surface area contributed by atoms with Crippen LogP contribution >= 0.6 is 0 Å². The third-order valence-corrected chi connectivity index (χ3v) is 9.26. The van der Waals surface area contributed by atoms with Gasteiger partial charge in [-0.05, 0) is 108 Å². The van der Waals surface area contributed by atoms with Crippen LogP contribution in [-0.4, -0.2) is 63.3 Å². The van der Waals surface area contributed by atoms with Gasteiger partial charge in [0.1, 0.15) is 19.3 Å². The zero-order valence-electron chi connectivity index (χ0n) is 35.6. The SMILES string of the molecule is CCCC/C=C\CO/N=C\CCCCCCCCC(CCCCCCCC/C=N\OC/C=C\CCCC)OC(=O)CC(C)(C)CC(C)(C)CN(C)C. The molecule has 0 unspecified atom stereocenters. The standard InChI is InChI=1S/C45H85N3O4/c1-9-11-13-25-31-37-50-46-35-29-23-19-15-17-21-27-33-42(52-43(49)39-44(3,4)40-45(5,6)41-48(7)8)34-28-22-18-16-20-24-30-36-47-51-38-32-26-14-12-10-2/h25-26,31-32,35-36,42H,9-24,27-30,33-34,37-41H2,1-8H3/b31-25-,32-26-,46-35-,47-36-. The Morgan fingerprint density at radius 2 is 1.04 bits per heavy atom. The van der Waals surface area contributed by atoms with Gasteiger partial charge in [0.15, 0.2) is 0 Å². The minimum absolute atomic E-state index is 0.0213. The summed E-state index contributed by atoms with van der Waals surface area (Å²) >= 11 is 0. The van der Waals surface area contributed by atoms with Gasteiger partial charge in [0.25, 0.3) is 0 Å². The van der Waals surface area contributed by atoms with Crippen molar-refractivity contribution >= 4 is 18.4 Å². The van der Waals surface area contributed by atoms with Gasteiger partial charge in [0.2, 0.25) is 0 Å². The molecule has 0 amide bonds. The van der Waals surface area contributed by atoms with Crippen molar-refractivity contribution in [3.8, 4) is 0 Å². The summed E-state index contributed by atoms with van der Waals surface area (Å²) in [5.41, 5.74) is 0.0511. The van der Waals surface area contributed by atoms with E-state index in [4.69, 9.17) is 14.4 Å². The number of hydrogen-bond acceptors (Lipinski definition) is 7. The van der Waals surface area contributed by atoms with Crippen molar-refractivity contribution in [2.24, 2.45) is 21.1 Å². The fraction of sp³-hybridized carbons (Fsp3) is 0.844. The van der Waals surface area contributed by atoms with Gasteiger partial charge >= 0.3 is 5.97 Å².